The van der Waals surface area contributed by atoms with Crippen molar-refractivity contribution in [1.29, 1.82) is 0 Å². The number of fused-ring (bicyclic) bond motifs is 1. The zero-order valence-corrected chi connectivity index (χ0v) is 15.4. The van der Waals surface area contributed by atoms with Gasteiger partial charge in [0.05, 0.1) is 24.1 Å². The molecule has 4 unspecified atom stereocenters. The summed E-state index contributed by atoms with van der Waals surface area (Å²) in [5.74, 6) is 0.426. The number of hydrogen-bond donors (Lipinski definition) is 0. The molecule has 136 valence electrons. The lowest BCUT2D eigenvalue weighted by Crippen LogP contribution is -2.67. The van der Waals surface area contributed by atoms with Crippen LogP contribution in [0.5, 0.6) is 0 Å². The molecule has 5 atom stereocenters. The van der Waals surface area contributed by atoms with E-state index in [0.29, 0.717) is 6.54 Å². The third kappa shape index (κ3) is 3.19. The Labute approximate surface area is 145 Å². The van der Waals surface area contributed by atoms with E-state index >= 15 is 0 Å². The summed E-state index contributed by atoms with van der Waals surface area (Å²) in [6.07, 6.45) is 8.63. The maximum absolute atomic E-state index is 13.3. The fourth-order valence-electron chi connectivity index (χ4n) is 5.29. The Hall–Kier alpha value is -1.10. The fourth-order valence-corrected chi connectivity index (χ4v) is 5.29. The Morgan fingerprint density at radius 1 is 0.958 bits per heavy atom. The van der Waals surface area contributed by atoms with Crippen molar-refractivity contribution < 1.29 is 14.3 Å². The van der Waals surface area contributed by atoms with Gasteiger partial charge in [-0.25, -0.2) is 0 Å². The molecular weight excluding hydrogens is 304 g/mol. The van der Waals surface area contributed by atoms with Gasteiger partial charge in [0.15, 0.2) is 0 Å². The maximum Gasteiger partial charge on any atom is 0.228 e. The molecule has 0 N–H and O–H groups in total. The molecule has 5 heteroatoms. The van der Waals surface area contributed by atoms with Crippen LogP contribution in [-0.2, 0) is 14.3 Å². The average molecular weight is 336 g/mol. The molecule has 5 nitrogen and oxygen atoms in total. The summed E-state index contributed by atoms with van der Waals surface area (Å²) in [6, 6.07) is 0.509. The zero-order valence-electron chi connectivity index (χ0n) is 15.4. The molecule has 0 aromatic heterocycles. The molecule has 2 saturated carbocycles. The molecule has 24 heavy (non-hydrogen) atoms. The summed E-state index contributed by atoms with van der Waals surface area (Å²) in [4.78, 5) is 29.6. The van der Waals surface area contributed by atoms with Gasteiger partial charge in [-0.15, -0.1) is 0 Å². The summed E-state index contributed by atoms with van der Waals surface area (Å²) in [5.41, 5.74) is 0. The van der Waals surface area contributed by atoms with E-state index in [2.05, 4.69) is 11.8 Å². The van der Waals surface area contributed by atoms with Crippen molar-refractivity contribution in [3.8, 4) is 0 Å². The highest BCUT2D eigenvalue weighted by atomic mass is 16.5. The van der Waals surface area contributed by atoms with Crippen LogP contribution in [-0.4, -0.2) is 59.5 Å². The normalized spacial score (nSPS) is 37.0. The number of hydrogen-bond acceptors (Lipinski definition) is 3. The van der Waals surface area contributed by atoms with Gasteiger partial charge in [-0.05, 0) is 32.6 Å². The molecule has 3 aliphatic rings. The van der Waals surface area contributed by atoms with Crippen molar-refractivity contribution >= 4 is 11.8 Å². The Balaban J connectivity index is 1.81. The minimum absolute atomic E-state index is 0.00223. The molecule has 1 aliphatic heterocycles. The van der Waals surface area contributed by atoms with E-state index in [0.717, 1.165) is 51.4 Å². The second-order valence-electron chi connectivity index (χ2n) is 7.85. The Morgan fingerprint density at radius 3 is 2.25 bits per heavy atom. The first kappa shape index (κ1) is 17.7. The maximum atomic E-state index is 13.3. The van der Waals surface area contributed by atoms with Gasteiger partial charge in [-0.2, -0.15) is 0 Å². The van der Waals surface area contributed by atoms with Crippen LogP contribution in [0.1, 0.15) is 65.2 Å². The van der Waals surface area contributed by atoms with Crippen LogP contribution in [0.4, 0.5) is 0 Å². The first-order valence-corrected chi connectivity index (χ1v) is 9.66. The van der Waals surface area contributed by atoms with E-state index < -0.39 is 0 Å². The number of methoxy groups -OCH3 is 1. The first-order chi connectivity index (χ1) is 11.5. The Bertz CT molecular complexity index is 481. The average Bonchev–Trinajstić information content (AvgIpc) is 2.59. The smallest absolute Gasteiger partial charge is 0.228 e. The molecule has 0 bridgehead atoms. The largest absolute Gasteiger partial charge is 0.381 e. The van der Waals surface area contributed by atoms with Crippen molar-refractivity contribution in [2.24, 2.45) is 5.92 Å². The van der Waals surface area contributed by atoms with Gasteiger partial charge >= 0.3 is 0 Å². The van der Waals surface area contributed by atoms with Gasteiger partial charge in [0.1, 0.15) is 0 Å². The lowest BCUT2D eigenvalue weighted by atomic mass is 9.81. The lowest BCUT2D eigenvalue weighted by Gasteiger charge is -2.53. The van der Waals surface area contributed by atoms with Gasteiger partial charge in [0.2, 0.25) is 11.8 Å². The molecule has 0 aromatic carbocycles. The van der Waals surface area contributed by atoms with E-state index in [-0.39, 0.29) is 42.0 Å². The summed E-state index contributed by atoms with van der Waals surface area (Å²) < 4.78 is 5.63. The summed E-state index contributed by atoms with van der Waals surface area (Å²) in [6.45, 7) is 4.43. The van der Waals surface area contributed by atoms with E-state index in [9.17, 15) is 9.59 Å². The van der Waals surface area contributed by atoms with Crippen LogP contribution in [0.15, 0.2) is 0 Å². The third-order valence-electron chi connectivity index (χ3n) is 6.36. The first-order valence-electron chi connectivity index (χ1n) is 9.66. The van der Waals surface area contributed by atoms with Gasteiger partial charge in [0.25, 0.3) is 0 Å². The van der Waals surface area contributed by atoms with Crippen LogP contribution in [0.3, 0.4) is 0 Å². The Morgan fingerprint density at radius 2 is 1.58 bits per heavy atom. The van der Waals surface area contributed by atoms with Gasteiger partial charge in [-0.1, -0.05) is 25.7 Å². The van der Waals surface area contributed by atoms with E-state index in [4.69, 9.17) is 4.74 Å². The molecule has 0 radical (unpaired) electrons. The van der Waals surface area contributed by atoms with E-state index in [1.165, 1.54) is 0 Å². The SMILES string of the molecule is COC1CCCCC1C(=O)N1C[C@H](C)N(C(C)=O)C2CCCCC21. The molecular formula is C19H32N2O3. The summed E-state index contributed by atoms with van der Waals surface area (Å²) in [5, 5.41) is 0. The number of ether oxygens (including phenoxy) is 1. The molecule has 1 heterocycles. The highest BCUT2D eigenvalue weighted by Gasteiger charge is 2.46. The quantitative estimate of drug-likeness (QED) is 0.779. The van der Waals surface area contributed by atoms with Crippen molar-refractivity contribution in [3.05, 3.63) is 0 Å². The second kappa shape index (κ2) is 7.42. The number of carbonyl (C=O) groups excluding carboxylic acids is 2. The van der Waals surface area contributed by atoms with Crippen molar-refractivity contribution in [3.63, 3.8) is 0 Å². The lowest BCUT2D eigenvalue weighted by molar-refractivity contribution is -0.159. The molecule has 2 amide bonds. The highest BCUT2D eigenvalue weighted by molar-refractivity contribution is 5.81. The predicted molar refractivity (Wildman–Crippen MR) is 92.5 cm³/mol. The van der Waals surface area contributed by atoms with Crippen LogP contribution in [0.2, 0.25) is 0 Å². The van der Waals surface area contributed by atoms with Crippen molar-refractivity contribution in [2.75, 3.05) is 13.7 Å². The summed E-state index contributed by atoms with van der Waals surface area (Å²) >= 11 is 0. The molecule has 3 fully saturated rings. The number of carbonyl (C=O) groups is 2. The molecule has 0 spiro atoms. The summed E-state index contributed by atoms with van der Waals surface area (Å²) in [7, 11) is 1.73. The van der Waals surface area contributed by atoms with E-state index in [1.807, 2.05) is 4.90 Å². The molecule has 2 aliphatic carbocycles. The Kier molecular flexibility index (Phi) is 5.48. The fraction of sp³-hybridized carbons (Fsp3) is 0.895. The van der Waals surface area contributed by atoms with E-state index in [1.54, 1.807) is 14.0 Å². The predicted octanol–water partition coefficient (Wildman–Crippen LogP) is 2.58. The van der Waals surface area contributed by atoms with Gasteiger partial charge in [-0.3, -0.25) is 9.59 Å². The minimum Gasteiger partial charge on any atom is -0.381 e. The molecule has 1 saturated heterocycles. The molecule has 3 rings (SSSR count). The number of nitrogens with zero attached hydrogens (tertiary/aromatic N) is 2. The minimum atomic E-state index is 0.00223. The van der Waals surface area contributed by atoms with Crippen molar-refractivity contribution in [2.45, 2.75) is 89.4 Å². The molecule has 0 aromatic rings. The number of rotatable bonds is 2. The topological polar surface area (TPSA) is 49.9 Å². The van der Waals surface area contributed by atoms with Gasteiger partial charge < -0.3 is 14.5 Å². The number of amides is 2. The highest BCUT2D eigenvalue weighted by Crippen LogP contribution is 2.36. The van der Waals surface area contributed by atoms with Crippen LogP contribution in [0.25, 0.3) is 0 Å². The second-order valence-corrected chi connectivity index (χ2v) is 7.85. The monoisotopic (exact) mass is 336 g/mol. The van der Waals surface area contributed by atoms with Crippen molar-refractivity contribution in [1.82, 2.24) is 9.80 Å². The standard InChI is InChI=1S/C19H32N2O3/c1-13-12-20(19(23)15-8-4-7-11-18(15)24-3)16-9-5-6-10-17(16)21(13)14(2)22/h13,15-18H,4-12H2,1-3H3/t13-,15?,16?,17?,18?/m0/s1. The van der Waals surface area contributed by atoms with Crippen LogP contribution in [0, 0.1) is 5.92 Å². The zero-order chi connectivity index (χ0) is 17.3. The van der Waals surface area contributed by atoms with Gasteiger partial charge in [0, 0.05) is 26.6 Å². The number of piperazine rings is 1. The third-order valence-corrected chi connectivity index (χ3v) is 6.36. The van der Waals surface area contributed by atoms with Crippen LogP contribution >= 0.6 is 0 Å². The van der Waals surface area contributed by atoms with Crippen LogP contribution < -0.4 is 0 Å².